The molecule has 1 rings (SSSR count). The minimum absolute atomic E-state index is 0.115. The molecule has 0 bridgehead atoms. The highest BCUT2D eigenvalue weighted by Gasteiger charge is 2.90. The number of carbonyl (C=O) groups is 1. The molecule has 0 radical (unpaired) electrons. The maximum absolute atomic E-state index is 12.7. The number of aliphatic carboxylic acids is 1. The summed E-state index contributed by atoms with van der Waals surface area (Å²) in [6.07, 6.45) is -9.57. The Morgan fingerprint density at radius 1 is 0.765 bits per heavy atom. The van der Waals surface area contributed by atoms with Crippen molar-refractivity contribution in [3.05, 3.63) is 48.0 Å². The van der Waals surface area contributed by atoms with Crippen molar-refractivity contribution in [1.82, 2.24) is 0 Å². The maximum atomic E-state index is 12.7. The van der Waals surface area contributed by atoms with E-state index in [0.717, 1.165) is 0 Å². The van der Waals surface area contributed by atoms with E-state index >= 15 is 0 Å². The molecule has 0 aromatic heterocycles. The predicted octanol–water partition coefficient (Wildman–Crippen LogP) is 7.78. The molecule has 0 saturated carbocycles. The summed E-state index contributed by atoms with van der Waals surface area (Å²) in [5.41, 5.74) is 1.50. The Kier molecular flexibility index (Phi) is 11.2. The minimum atomic E-state index is -7.81. The monoisotopic (exact) mass is 526 g/mol. The number of hydrogen-bond acceptors (Lipinski definition) is 1. The van der Waals surface area contributed by atoms with Crippen molar-refractivity contribution in [3.63, 3.8) is 0 Å². The van der Waals surface area contributed by atoms with Gasteiger partial charge >= 0.3 is 41.8 Å². The van der Waals surface area contributed by atoms with Gasteiger partial charge in [-0.3, -0.25) is 0 Å². The van der Waals surface area contributed by atoms with Crippen LogP contribution in [-0.4, -0.2) is 46.9 Å². The first-order chi connectivity index (χ1) is 14.8. The molecular weight excluding hydrogens is 507 g/mol. The highest BCUT2D eigenvalue weighted by atomic mass is 19.4. The Hall–Kier alpha value is -2.48. The number of alkyl halides is 13. The van der Waals surface area contributed by atoms with Gasteiger partial charge in [0.2, 0.25) is 0 Å². The van der Waals surface area contributed by atoms with Gasteiger partial charge in [-0.2, -0.15) is 57.1 Å². The molecule has 0 amide bonds. The summed E-state index contributed by atoms with van der Waals surface area (Å²) in [5, 5.41) is 7.89. The molecule has 1 aromatic carbocycles. The van der Waals surface area contributed by atoms with Crippen LogP contribution in [0.3, 0.4) is 0 Å². The molecule has 0 fully saturated rings. The first-order valence-electron chi connectivity index (χ1n) is 8.71. The fraction of sp³-hybridized carbons (Fsp3) is 0.526. The maximum Gasteiger partial charge on any atom is 0.460 e. The Balaban J connectivity index is 0. The molecule has 198 valence electrons. The third-order valence-electron chi connectivity index (χ3n) is 3.75. The number of rotatable bonds is 6. The largest absolute Gasteiger partial charge is 0.478 e. The van der Waals surface area contributed by atoms with Gasteiger partial charge in [-0.15, -0.1) is 0 Å². The zero-order valence-corrected chi connectivity index (χ0v) is 17.6. The summed E-state index contributed by atoms with van der Waals surface area (Å²) >= 11 is 0. The summed E-state index contributed by atoms with van der Waals surface area (Å²) in [6, 6.07) is 10.3. The zero-order valence-electron chi connectivity index (χ0n) is 17.6. The second-order valence-corrected chi connectivity index (χ2v) is 6.59. The lowest BCUT2D eigenvalue weighted by Gasteiger charge is -2.39. The summed E-state index contributed by atoms with van der Waals surface area (Å²) in [7, 11) is 0. The van der Waals surface area contributed by atoms with Gasteiger partial charge in [0.1, 0.15) is 0 Å². The van der Waals surface area contributed by atoms with Crippen molar-refractivity contribution in [3.8, 4) is 0 Å². The van der Waals surface area contributed by atoms with Crippen LogP contribution in [0.1, 0.15) is 25.8 Å². The predicted molar refractivity (Wildman–Crippen MR) is 94.7 cm³/mol. The van der Waals surface area contributed by atoms with Crippen LogP contribution in [0, 0.1) is 6.92 Å². The zero-order chi connectivity index (χ0) is 28.0. The van der Waals surface area contributed by atoms with Crippen LogP contribution in [0.15, 0.2) is 42.5 Å². The van der Waals surface area contributed by atoms with Gasteiger partial charge in [0.25, 0.3) is 0 Å². The molecular formula is C19H19F13O2. The fourth-order valence-electron chi connectivity index (χ4n) is 1.56. The summed E-state index contributed by atoms with van der Waals surface area (Å²) in [5.74, 6) is -37.2. The molecule has 0 atom stereocenters. The van der Waals surface area contributed by atoms with Crippen LogP contribution in [0.2, 0.25) is 0 Å². The Labute approximate surface area is 185 Å². The minimum Gasteiger partial charge on any atom is -0.478 e. The van der Waals surface area contributed by atoms with Gasteiger partial charge in [-0.1, -0.05) is 49.4 Å². The SMILES string of the molecule is C=C(C)C(=O)O.CCC(F)(F)C(F)(F)C(F)(F)C(F)(F)C(F)(F)C(F)(F)F.Cc1ccccc1. The van der Waals surface area contributed by atoms with E-state index in [9.17, 15) is 61.9 Å². The summed E-state index contributed by atoms with van der Waals surface area (Å²) in [6.45, 7) is 6.80. The smallest absolute Gasteiger partial charge is 0.460 e. The quantitative estimate of drug-likeness (QED) is 0.304. The number of halogens is 13. The van der Waals surface area contributed by atoms with Crippen molar-refractivity contribution < 1.29 is 67.0 Å². The lowest BCUT2D eigenvalue weighted by Crippen LogP contribution is -2.69. The lowest BCUT2D eigenvalue weighted by molar-refractivity contribution is -0.439. The van der Waals surface area contributed by atoms with Gasteiger partial charge in [-0.25, -0.2) is 4.79 Å². The van der Waals surface area contributed by atoms with Crippen LogP contribution < -0.4 is 0 Å². The summed E-state index contributed by atoms with van der Waals surface area (Å²) < 4.78 is 161. The average molecular weight is 526 g/mol. The van der Waals surface area contributed by atoms with Gasteiger partial charge in [-0.05, 0) is 13.8 Å². The molecule has 0 aliphatic rings. The van der Waals surface area contributed by atoms with E-state index in [4.69, 9.17) is 5.11 Å². The van der Waals surface area contributed by atoms with Crippen molar-refractivity contribution in [2.24, 2.45) is 0 Å². The topological polar surface area (TPSA) is 37.3 Å². The number of carboxylic acid groups (broad SMARTS) is 1. The highest BCUT2D eigenvalue weighted by molar-refractivity contribution is 5.84. The average Bonchev–Trinajstić information content (AvgIpc) is 2.68. The van der Waals surface area contributed by atoms with Crippen LogP contribution in [-0.2, 0) is 4.79 Å². The highest BCUT2D eigenvalue weighted by Crippen LogP contribution is 2.60. The van der Waals surface area contributed by atoms with Crippen molar-refractivity contribution >= 4 is 5.97 Å². The molecule has 34 heavy (non-hydrogen) atoms. The van der Waals surface area contributed by atoms with E-state index in [1.807, 2.05) is 18.2 Å². The third-order valence-corrected chi connectivity index (χ3v) is 3.75. The van der Waals surface area contributed by atoms with Gasteiger partial charge in [0.05, 0.1) is 0 Å². The van der Waals surface area contributed by atoms with Crippen LogP contribution in [0.25, 0.3) is 0 Å². The third kappa shape index (κ3) is 7.26. The van der Waals surface area contributed by atoms with E-state index in [1.54, 1.807) is 0 Å². The van der Waals surface area contributed by atoms with Crippen LogP contribution in [0.4, 0.5) is 57.1 Å². The summed E-state index contributed by atoms with van der Waals surface area (Å²) in [4.78, 5) is 9.60. The molecule has 0 aliphatic heterocycles. The van der Waals surface area contributed by atoms with Gasteiger partial charge in [0.15, 0.2) is 0 Å². The number of benzene rings is 1. The normalized spacial score (nSPS) is 13.2. The van der Waals surface area contributed by atoms with E-state index in [1.165, 1.54) is 12.5 Å². The lowest BCUT2D eigenvalue weighted by atomic mass is 9.93. The number of aryl methyl sites for hydroxylation is 1. The Morgan fingerprint density at radius 2 is 1.09 bits per heavy atom. The molecule has 0 heterocycles. The van der Waals surface area contributed by atoms with E-state index in [0.29, 0.717) is 0 Å². The second-order valence-electron chi connectivity index (χ2n) is 6.59. The van der Waals surface area contributed by atoms with Gasteiger partial charge in [0, 0.05) is 12.0 Å². The van der Waals surface area contributed by atoms with E-state index in [-0.39, 0.29) is 12.5 Å². The Morgan fingerprint density at radius 3 is 1.29 bits per heavy atom. The fourth-order valence-corrected chi connectivity index (χ4v) is 1.56. The number of hydrogen-bond donors (Lipinski definition) is 1. The van der Waals surface area contributed by atoms with Crippen molar-refractivity contribution in [1.29, 1.82) is 0 Å². The number of carboxylic acids is 1. The molecule has 1 aromatic rings. The standard InChI is InChI=1S/C8H5F13.C7H8.C4H6O2/c1-2-3(9,10)4(11,12)5(13,14)6(15,16)7(17,18)8(19,20)21;1-7-5-3-2-4-6-7;1-3(2)4(5)6/h2H2,1H3;2-6H,1H3;1H2,2H3,(H,5,6). The van der Waals surface area contributed by atoms with Crippen molar-refractivity contribution in [2.45, 2.75) is 63.0 Å². The molecule has 0 unspecified atom stereocenters. The van der Waals surface area contributed by atoms with Crippen molar-refractivity contribution in [2.75, 3.05) is 0 Å². The first-order valence-corrected chi connectivity index (χ1v) is 8.71. The van der Waals surface area contributed by atoms with E-state index < -0.39 is 48.2 Å². The molecule has 2 nitrogen and oxygen atoms in total. The molecule has 15 heteroatoms. The van der Waals surface area contributed by atoms with Crippen LogP contribution >= 0.6 is 0 Å². The second kappa shape index (κ2) is 11.3. The molecule has 0 aliphatic carbocycles. The Bertz CT molecular complexity index is 788. The molecule has 1 N–H and O–H groups in total. The van der Waals surface area contributed by atoms with E-state index in [2.05, 4.69) is 25.6 Å². The molecule has 0 spiro atoms. The van der Waals surface area contributed by atoms with Crippen LogP contribution in [0.5, 0.6) is 0 Å². The van der Waals surface area contributed by atoms with Gasteiger partial charge < -0.3 is 5.11 Å². The first kappa shape index (κ1) is 33.7. The molecule has 0 saturated heterocycles.